The number of carbonyl (C=O) groups excluding carboxylic acids is 1. The molecule has 0 amide bonds. The lowest BCUT2D eigenvalue weighted by atomic mass is 10.1. The molecule has 0 aromatic heterocycles. The summed E-state index contributed by atoms with van der Waals surface area (Å²) in [6, 6.07) is 12.8. The third kappa shape index (κ3) is 3.69. The molecule has 0 saturated heterocycles. The van der Waals surface area contributed by atoms with E-state index in [0.29, 0.717) is 23.8 Å². The van der Waals surface area contributed by atoms with Gasteiger partial charge in [0, 0.05) is 12.1 Å². The predicted molar refractivity (Wildman–Crippen MR) is 84.1 cm³/mol. The molecule has 0 bridgehead atoms. The van der Waals surface area contributed by atoms with Crippen LogP contribution in [-0.2, 0) is 11.3 Å². The summed E-state index contributed by atoms with van der Waals surface area (Å²) in [7, 11) is 1.52. The largest absolute Gasteiger partial charge is 0.493 e. The van der Waals surface area contributed by atoms with Crippen LogP contribution in [0.25, 0.3) is 0 Å². The first kappa shape index (κ1) is 15.7. The molecule has 0 atom stereocenters. The predicted octanol–water partition coefficient (Wildman–Crippen LogP) is 3.03. The summed E-state index contributed by atoms with van der Waals surface area (Å²) in [5.41, 5.74) is 7.44. The zero-order valence-electron chi connectivity index (χ0n) is 12.7. The lowest BCUT2D eigenvalue weighted by Crippen LogP contribution is -2.09. The Morgan fingerprint density at radius 3 is 2.50 bits per heavy atom. The van der Waals surface area contributed by atoms with Crippen LogP contribution in [0.1, 0.15) is 22.8 Å². The number of nitrogen functional groups attached to an aromatic ring is 1. The van der Waals surface area contributed by atoms with Crippen LogP contribution in [0.5, 0.6) is 11.5 Å². The molecule has 5 heteroatoms. The van der Waals surface area contributed by atoms with E-state index >= 15 is 0 Å². The van der Waals surface area contributed by atoms with Crippen molar-refractivity contribution in [1.82, 2.24) is 0 Å². The highest BCUT2D eigenvalue weighted by atomic mass is 16.5. The van der Waals surface area contributed by atoms with Gasteiger partial charge in [0.2, 0.25) is 0 Å². The number of ether oxygens (including phenoxy) is 3. The van der Waals surface area contributed by atoms with E-state index in [1.165, 1.54) is 7.11 Å². The van der Waals surface area contributed by atoms with Crippen molar-refractivity contribution in [2.75, 3.05) is 19.5 Å². The molecule has 2 rings (SSSR count). The number of methoxy groups -OCH3 is 1. The average molecular weight is 301 g/mol. The van der Waals surface area contributed by atoms with Crippen molar-refractivity contribution in [2.24, 2.45) is 0 Å². The van der Waals surface area contributed by atoms with Gasteiger partial charge in [0.25, 0.3) is 0 Å². The number of carbonyl (C=O) groups is 1. The Hall–Kier alpha value is -2.69. The highest BCUT2D eigenvalue weighted by Crippen LogP contribution is 2.33. The number of hydrogen-bond acceptors (Lipinski definition) is 5. The lowest BCUT2D eigenvalue weighted by molar-refractivity contribution is 0.0527. The van der Waals surface area contributed by atoms with E-state index in [9.17, 15) is 4.79 Å². The third-order valence-electron chi connectivity index (χ3n) is 3.07. The van der Waals surface area contributed by atoms with Crippen LogP contribution in [-0.4, -0.2) is 19.7 Å². The third-order valence-corrected chi connectivity index (χ3v) is 3.07. The van der Waals surface area contributed by atoms with Crippen LogP contribution in [0, 0.1) is 0 Å². The van der Waals surface area contributed by atoms with Gasteiger partial charge in [-0.05, 0) is 12.5 Å². The molecule has 0 aliphatic heterocycles. The van der Waals surface area contributed by atoms with E-state index in [2.05, 4.69) is 0 Å². The quantitative estimate of drug-likeness (QED) is 0.656. The Labute approximate surface area is 129 Å². The van der Waals surface area contributed by atoms with E-state index in [1.807, 2.05) is 30.3 Å². The Morgan fingerprint density at radius 1 is 1.14 bits per heavy atom. The summed E-state index contributed by atoms with van der Waals surface area (Å²) in [4.78, 5) is 11.9. The zero-order chi connectivity index (χ0) is 15.9. The van der Waals surface area contributed by atoms with Crippen LogP contribution < -0.4 is 15.2 Å². The first-order valence-corrected chi connectivity index (χ1v) is 6.97. The summed E-state index contributed by atoms with van der Waals surface area (Å²) >= 11 is 0. The molecule has 116 valence electrons. The normalized spacial score (nSPS) is 10.1. The van der Waals surface area contributed by atoms with Crippen LogP contribution in [0.2, 0.25) is 0 Å². The van der Waals surface area contributed by atoms with Crippen molar-refractivity contribution in [3.63, 3.8) is 0 Å². The van der Waals surface area contributed by atoms with E-state index in [4.69, 9.17) is 19.9 Å². The number of esters is 1. The van der Waals surface area contributed by atoms with Crippen LogP contribution in [0.3, 0.4) is 0 Å². The summed E-state index contributed by atoms with van der Waals surface area (Å²) in [6.07, 6.45) is 0. The molecule has 0 spiro atoms. The molecule has 0 heterocycles. The van der Waals surface area contributed by atoms with E-state index < -0.39 is 5.97 Å². The summed E-state index contributed by atoms with van der Waals surface area (Å²) < 4.78 is 16.0. The molecule has 2 aromatic carbocycles. The minimum atomic E-state index is -0.479. The Balaban J connectivity index is 2.24. The molecule has 2 N–H and O–H groups in total. The SMILES string of the molecule is CCOC(=O)c1cc(OCc2ccccc2)c(OC)cc1N. The van der Waals surface area contributed by atoms with E-state index in [0.717, 1.165) is 5.56 Å². The maximum absolute atomic E-state index is 11.9. The summed E-state index contributed by atoms with van der Waals surface area (Å²) in [5.74, 6) is 0.442. The van der Waals surface area contributed by atoms with Gasteiger partial charge in [-0.2, -0.15) is 0 Å². The smallest absolute Gasteiger partial charge is 0.340 e. The molecule has 0 aliphatic rings. The standard InChI is InChI=1S/C17H19NO4/c1-3-21-17(19)13-9-16(15(20-2)10-14(13)18)22-11-12-7-5-4-6-8-12/h4-10H,3,11,18H2,1-2H3. The van der Waals surface area contributed by atoms with Gasteiger partial charge in [-0.15, -0.1) is 0 Å². The highest BCUT2D eigenvalue weighted by molar-refractivity contribution is 5.96. The topological polar surface area (TPSA) is 70.8 Å². The second-order valence-corrected chi connectivity index (χ2v) is 4.59. The fourth-order valence-corrected chi connectivity index (χ4v) is 1.97. The monoisotopic (exact) mass is 301 g/mol. The fraction of sp³-hybridized carbons (Fsp3) is 0.235. The Bertz CT molecular complexity index is 641. The lowest BCUT2D eigenvalue weighted by Gasteiger charge is -2.14. The molecule has 0 radical (unpaired) electrons. The second kappa shape index (κ2) is 7.36. The first-order chi connectivity index (χ1) is 10.7. The van der Waals surface area contributed by atoms with Gasteiger partial charge in [-0.1, -0.05) is 30.3 Å². The fourth-order valence-electron chi connectivity index (χ4n) is 1.97. The Kier molecular flexibility index (Phi) is 5.25. The second-order valence-electron chi connectivity index (χ2n) is 4.59. The maximum Gasteiger partial charge on any atom is 0.340 e. The number of rotatable bonds is 6. The maximum atomic E-state index is 11.9. The van der Waals surface area contributed by atoms with Gasteiger partial charge in [-0.3, -0.25) is 0 Å². The van der Waals surface area contributed by atoms with Crippen LogP contribution in [0.4, 0.5) is 5.69 Å². The van der Waals surface area contributed by atoms with Gasteiger partial charge in [0.1, 0.15) is 6.61 Å². The summed E-state index contributed by atoms with van der Waals surface area (Å²) in [5, 5.41) is 0. The van der Waals surface area contributed by atoms with Crippen molar-refractivity contribution in [3.05, 3.63) is 53.6 Å². The zero-order valence-corrected chi connectivity index (χ0v) is 12.7. The number of benzene rings is 2. The average Bonchev–Trinajstić information content (AvgIpc) is 2.54. The molecular weight excluding hydrogens is 282 g/mol. The van der Waals surface area contributed by atoms with Crippen molar-refractivity contribution < 1.29 is 19.0 Å². The first-order valence-electron chi connectivity index (χ1n) is 6.97. The minimum absolute atomic E-state index is 0.269. The van der Waals surface area contributed by atoms with Crippen molar-refractivity contribution in [2.45, 2.75) is 13.5 Å². The molecule has 5 nitrogen and oxygen atoms in total. The van der Waals surface area contributed by atoms with E-state index in [-0.39, 0.29) is 12.2 Å². The number of nitrogens with two attached hydrogens (primary N) is 1. The summed E-state index contributed by atoms with van der Waals surface area (Å²) in [6.45, 7) is 2.39. The molecule has 0 unspecified atom stereocenters. The molecule has 0 fully saturated rings. The van der Waals surface area contributed by atoms with Crippen molar-refractivity contribution in [1.29, 1.82) is 0 Å². The number of anilines is 1. The van der Waals surface area contributed by atoms with Crippen LogP contribution in [0.15, 0.2) is 42.5 Å². The Morgan fingerprint density at radius 2 is 1.86 bits per heavy atom. The molecular formula is C17H19NO4. The van der Waals surface area contributed by atoms with Gasteiger partial charge in [0.05, 0.1) is 25.0 Å². The van der Waals surface area contributed by atoms with Crippen LogP contribution >= 0.6 is 0 Å². The van der Waals surface area contributed by atoms with Crippen molar-refractivity contribution in [3.8, 4) is 11.5 Å². The highest BCUT2D eigenvalue weighted by Gasteiger charge is 2.16. The molecule has 22 heavy (non-hydrogen) atoms. The van der Waals surface area contributed by atoms with Gasteiger partial charge in [-0.25, -0.2) is 4.79 Å². The number of hydrogen-bond donors (Lipinski definition) is 1. The van der Waals surface area contributed by atoms with Gasteiger partial charge < -0.3 is 19.9 Å². The molecule has 2 aromatic rings. The minimum Gasteiger partial charge on any atom is -0.493 e. The molecule has 0 aliphatic carbocycles. The van der Waals surface area contributed by atoms with Gasteiger partial charge >= 0.3 is 5.97 Å². The van der Waals surface area contributed by atoms with E-state index in [1.54, 1.807) is 19.1 Å². The van der Waals surface area contributed by atoms with Gasteiger partial charge in [0.15, 0.2) is 11.5 Å². The molecule has 0 saturated carbocycles. The van der Waals surface area contributed by atoms with Crippen molar-refractivity contribution >= 4 is 11.7 Å².